The molecule has 0 unspecified atom stereocenters. The fourth-order valence-corrected chi connectivity index (χ4v) is 3.61. The number of amides is 1. The topological polar surface area (TPSA) is 84.5 Å². The Kier molecular flexibility index (Phi) is 7.43. The number of halogens is 2. The highest BCUT2D eigenvalue weighted by Gasteiger charge is 2.14. The van der Waals surface area contributed by atoms with Crippen molar-refractivity contribution in [2.45, 2.75) is 11.4 Å². The van der Waals surface area contributed by atoms with Gasteiger partial charge in [-0.25, -0.2) is 13.1 Å². The van der Waals surface area contributed by atoms with Crippen LogP contribution in [0.4, 0.5) is 0 Å². The molecule has 26 heavy (non-hydrogen) atoms. The summed E-state index contributed by atoms with van der Waals surface area (Å²) in [4.78, 5) is 12.3. The lowest BCUT2D eigenvalue weighted by Gasteiger charge is -2.09. The normalized spacial score (nSPS) is 11.3. The van der Waals surface area contributed by atoms with Crippen molar-refractivity contribution in [1.29, 1.82) is 0 Å². The number of sulfonamides is 1. The molecule has 2 N–H and O–H groups in total. The van der Waals surface area contributed by atoms with Crippen LogP contribution in [0, 0.1) is 0 Å². The molecule has 0 saturated heterocycles. The van der Waals surface area contributed by atoms with Crippen LogP contribution in [0.25, 0.3) is 0 Å². The van der Waals surface area contributed by atoms with Crippen LogP contribution in [0.3, 0.4) is 0 Å². The average Bonchev–Trinajstić information content (AvgIpc) is 2.60. The first kappa shape index (κ1) is 20.7. The molecule has 0 aliphatic rings. The van der Waals surface area contributed by atoms with E-state index in [2.05, 4.69) is 10.0 Å². The van der Waals surface area contributed by atoms with Crippen molar-refractivity contribution in [3.8, 4) is 0 Å². The molecule has 2 aromatic carbocycles. The monoisotopic (exact) mass is 416 g/mol. The Morgan fingerprint density at radius 1 is 1.12 bits per heavy atom. The Labute approximate surface area is 162 Å². The van der Waals surface area contributed by atoms with Crippen molar-refractivity contribution in [3.05, 3.63) is 63.6 Å². The minimum Gasteiger partial charge on any atom is -0.383 e. The van der Waals surface area contributed by atoms with E-state index in [9.17, 15) is 13.2 Å². The van der Waals surface area contributed by atoms with E-state index in [1.165, 1.54) is 25.3 Å². The van der Waals surface area contributed by atoms with Crippen LogP contribution >= 0.6 is 23.2 Å². The molecule has 0 aliphatic heterocycles. The van der Waals surface area contributed by atoms with Crippen molar-refractivity contribution in [3.63, 3.8) is 0 Å². The molecule has 0 spiro atoms. The summed E-state index contributed by atoms with van der Waals surface area (Å²) in [6, 6.07) is 10.8. The number of hydrogen-bond donors (Lipinski definition) is 2. The largest absolute Gasteiger partial charge is 0.383 e. The first-order chi connectivity index (χ1) is 12.3. The Balaban J connectivity index is 1.98. The maximum absolute atomic E-state index is 12.2. The molecule has 0 aromatic heterocycles. The van der Waals surface area contributed by atoms with Crippen LogP contribution in [0.2, 0.25) is 10.0 Å². The number of ether oxygens (including phenoxy) is 1. The molecule has 6 nitrogen and oxygen atoms in total. The van der Waals surface area contributed by atoms with Gasteiger partial charge in [0.2, 0.25) is 10.0 Å². The molecule has 0 radical (unpaired) electrons. The Bertz CT molecular complexity index is 871. The number of hydrogen-bond acceptors (Lipinski definition) is 4. The molecule has 2 rings (SSSR count). The summed E-state index contributed by atoms with van der Waals surface area (Å²) in [6.07, 6.45) is 0. The van der Waals surface area contributed by atoms with Crippen LogP contribution in [-0.2, 0) is 21.3 Å². The van der Waals surface area contributed by atoms with E-state index in [1.807, 2.05) is 0 Å². The van der Waals surface area contributed by atoms with Crippen LogP contribution in [0.5, 0.6) is 0 Å². The number of carbonyl (C=O) groups excluding carboxylic acids is 1. The molecule has 9 heteroatoms. The van der Waals surface area contributed by atoms with Crippen LogP contribution in [-0.4, -0.2) is 34.6 Å². The van der Waals surface area contributed by atoms with Crippen LogP contribution in [0.15, 0.2) is 47.4 Å². The number of rotatable bonds is 8. The quantitative estimate of drug-likeness (QED) is 0.647. The Morgan fingerprint density at radius 3 is 2.42 bits per heavy atom. The van der Waals surface area contributed by atoms with Crippen molar-refractivity contribution in [2.75, 3.05) is 20.3 Å². The van der Waals surface area contributed by atoms with E-state index in [0.29, 0.717) is 10.6 Å². The molecule has 1 amide bonds. The van der Waals surface area contributed by atoms with Gasteiger partial charge in [0.1, 0.15) is 0 Å². The highest BCUT2D eigenvalue weighted by atomic mass is 35.5. The second-order valence-electron chi connectivity index (χ2n) is 5.34. The second-order valence-corrected chi connectivity index (χ2v) is 7.95. The molecule has 0 saturated carbocycles. The van der Waals surface area contributed by atoms with Gasteiger partial charge in [-0.15, -0.1) is 0 Å². The fraction of sp³-hybridized carbons (Fsp3) is 0.235. The predicted molar refractivity (Wildman–Crippen MR) is 101 cm³/mol. The minimum absolute atomic E-state index is 0.143. The number of nitrogens with one attached hydrogen (secondary N) is 2. The van der Waals surface area contributed by atoms with Gasteiger partial charge in [-0.2, -0.15) is 0 Å². The van der Waals surface area contributed by atoms with Gasteiger partial charge in [0.05, 0.1) is 22.1 Å². The van der Waals surface area contributed by atoms with Gasteiger partial charge in [-0.05, 0) is 35.9 Å². The van der Waals surface area contributed by atoms with Crippen molar-refractivity contribution in [1.82, 2.24) is 10.0 Å². The lowest BCUT2D eigenvalue weighted by Crippen LogP contribution is -2.27. The summed E-state index contributed by atoms with van der Waals surface area (Å²) < 4.78 is 31.4. The zero-order valence-corrected chi connectivity index (χ0v) is 16.3. The summed E-state index contributed by atoms with van der Waals surface area (Å²) in [6.45, 7) is 0.713. The van der Waals surface area contributed by atoms with Crippen LogP contribution in [0.1, 0.15) is 15.9 Å². The summed E-state index contributed by atoms with van der Waals surface area (Å²) in [5.74, 6) is -0.343. The van der Waals surface area contributed by atoms with E-state index < -0.39 is 10.0 Å². The first-order valence-corrected chi connectivity index (χ1v) is 9.88. The lowest BCUT2D eigenvalue weighted by molar-refractivity contribution is 0.0951. The minimum atomic E-state index is -3.58. The zero-order chi connectivity index (χ0) is 19.2. The van der Waals surface area contributed by atoms with E-state index in [-0.39, 0.29) is 35.5 Å². The number of carbonyl (C=O) groups is 1. The molecular weight excluding hydrogens is 399 g/mol. The molecule has 2 aromatic rings. The highest BCUT2D eigenvalue weighted by Crippen LogP contribution is 2.21. The van der Waals surface area contributed by atoms with Crippen molar-refractivity contribution >= 4 is 39.1 Å². The maximum Gasteiger partial charge on any atom is 0.253 e. The molecular formula is C17H18Cl2N2O4S. The van der Waals surface area contributed by atoms with Gasteiger partial charge in [-0.3, -0.25) is 4.79 Å². The lowest BCUT2D eigenvalue weighted by atomic mass is 10.2. The summed E-state index contributed by atoms with van der Waals surface area (Å²) >= 11 is 11.8. The Morgan fingerprint density at radius 2 is 1.81 bits per heavy atom. The maximum atomic E-state index is 12.2. The standard InChI is InChI=1S/C17H18Cl2N2O4S/c1-25-9-8-21-26(23,24)14-5-2-12(3-6-14)11-20-17(22)15-7-4-13(18)10-16(15)19/h2-7,10,21H,8-9,11H2,1H3,(H,20,22). The van der Waals surface area contributed by atoms with Gasteiger partial charge in [-0.1, -0.05) is 35.3 Å². The van der Waals surface area contributed by atoms with Gasteiger partial charge >= 0.3 is 0 Å². The summed E-state index contributed by atoms with van der Waals surface area (Å²) in [5, 5.41) is 3.44. The van der Waals surface area contributed by atoms with E-state index in [0.717, 1.165) is 5.56 Å². The molecule has 0 fully saturated rings. The molecule has 0 heterocycles. The van der Waals surface area contributed by atoms with Gasteiger partial charge in [0.25, 0.3) is 5.91 Å². The third-order valence-electron chi connectivity index (χ3n) is 3.46. The molecule has 140 valence electrons. The smallest absolute Gasteiger partial charge is 0.253 e. The van der Waals surface area contributed by atoms with E-state index >= 15 is 0 Å². The van der Waals surface area contributed by atoms with Gasteiger partial charge in [0.15, 0.2) is 0 Å². The number of methoxy groups -OCH3 is 1. The van der Waals surface area contributed by atoms with Crippen molar-refractivity contribution < 1.29 is 17.9 Å². The average molecular weight is 417 g/mol. The molecule has 0 atom stereocenters. The van der Waals surface area contributed by atoms with E-state index in [4.69, 9.17) is 27.9 Å². The predicted octanol–water partition coefficient (Wildman–Crippen LogP) is 2.85. The number of benzene rings is 2. The Hall–Kier alpha value is -1.64. The summed E-state index contributed by atoms with van der Waals surface area (Å²) in [7, 11) is -2.09. The first-order valence-electron chi connectivity index (χ1n) is 7.64. The van der Waals surface area contributed by atoms with Gasteiger partial charge < -0.3 is 10.1 Å². The van der Waals surface area contributed by atoms with Crippen LogP contribution < -0.4 is 10.0 Å². The van der Waals surface area contributed by atoms with E-state index in [1.54, 1.807) is 24.3 Å². The van der Waals surface area contributed by atoms with Crippen molar-refractivity contribution in [2.24, 2.45) is 0 Å². The zero-order valence-electron chi connectivity index (χ0n) is 14.0. The second kappa shape index (κ2) is 9.34. The van der Waals surface area contributed by atoms with Gasteiger partial charge in [0, 0.05) is 25.2 Å². The third kappa shape index (κ3) is 5.69. The highest BCUT2D eigenvalue weighted by molar-refractivity contribution is 7.89. The summed E-state index contributed by atoms with van der Waals surface area (Å²) in [5.41, 5.74) is 1.07. The molecule has 0 aliphatic carbocycles. The third-order valence-corrected chi connectivity index (χ3v) is 5.49. The fourth-order valence-electron chi connectivity index (χ4n) is 2.10. The molecule has 0 bridgehead atoms. The SMILES string of the molecule is COCCNS(=O)(=O)c1ccc(CNC(=O)c2ccc(Cl)cc2Cl)cc1.